The maximum Gasteiger partial charge on any atom is 0.157 e. The van der Waals surface area contributed by atoms with Gasteiger partial charge in [0.05, 0.1) is 17.1 Å². The van der Waals surface area contributed by atoms with Gasteiger partial charge >= 0.3 is 0 Å². The van der Waals surface area contributed by atoms with E-state index < -0.39 is 0 Å². The highest BCUT2D eigenvalue weighted by atomic mass is 15.3. The standard InChI is InChI=1S/C14H21N5/c1-5-10-14(15)12(6-2)19(18-10)13-7-11(9(3)4)16-8-17-13/h7-9H,5-6,15H2,1-4H3. The van der Waals surface area contributed by atoms with Crippen molar-refractivity contribution in [2.75, 3.05) is 5.73 Å². The van der Waals surface area contributed by atoms with Gasteiger partial charge in [-0.15, -0.1) is 0 Å². The van der Waals surface area contributed by atoms with Gasteiger partial charge in [0.2, 0.25) is 0 Å². The van der Waals surface area contributed by atoms with E-state index >= 15 is 0 Å². The van der Waals surface area contributed by atoms with Gasteiger partial charge in [0, 0.05) is 11.8 Å². The van der Waals surface area contributed by atoms with Crippen molar-refractivity contribution < 1.29 is 0 Å². The number of hydrogen-bond acceptors (Lipinski definition) is 4. The van der Waals surface area contributed by atoms with Crippen LogP contribution in [-0.2, 0) is 12.8 Å². The van der Waals surface area contributed by atoms with Crippen molar-refractivity contribution in [3.63, 3.8) is 0 Å². The van der Waals surface area contributed by atoms with Gasteiger partial charge in [-0.2, -0.15) is 5.10 Å². The lowest BCUT2D eigenvalue weighted by Crippen LogP contribution is -2.07. The number of nitrogens with zero attached hydrogens (tertiary/aromatic N) is 4. The first-order valence-corrected chi connectivity index (χ1v) is 6.77. The van der Waals surface area contributed by atoms with Crippen LogP contribution in [0, 0.1) is 0 Å². The molecule has 2 N–H and O–H groups in total. The smallest absolute Gasteiger partial charge is 0.157 e. The van der Waals surface area contributed by atoms with Crippen LogP contribution >= 0.6 is 0 Å². The van der Waals surface area contributed by atoms with Crippen molar-refractivity contribution in [2.45, 2.75) is 46.5 Å². The molecule has 5 nitrogen and oxygen atoms in total. The number of aromatic nitrogens is 4. The molecule has 0 aromatic carbocycles. The third-order valence-corrected chi connectivity index (χ3v) is 3.25. The number of aryl methyl sites for hydroxylation is 1. The molecule has 0 aliphatic carbocycles. The summed E-state index contributed by atoms with van der Waals surface area (Å²) in [6, 6.07) is 1.98. The molecule has 0 bridgehead atoms. The summed E-state index contributed by atoms with van der Waals surface area (Å²) in [4.78, 5) is 8.61. The van der Waals surface area contributed by atoms with Crippen LogP contribution in [-0.4, -0.2) is 19.7 Å². The highest BCUT2D eigenvalue weighted by molar-refractivity contribution is 5.51. The van der Waals surface area contributed by atoms with Crippen molar-refractivity contribution in [2.24, 2.45) is 0 Å². The fourth-order valence-electron chi connectivity index (χ4n) is 2.10. The zero-order chi connectivity index (χ0) is 14.0. The normalized spacial score (nSPS) is 11.2. The Morgan fingerprint density at radius 2 is 1.95 bits per heavy atom. The molecule has 0 unspecified atom stereocenters. The Hall–Kier alpha value is -1.91. The van der Waals surface area contributed by atoms with Crippen LogP contribution in [0.1, 0.15) is 50.7 Å². The second kappa shape index (κ2) is 5.38. The van der Waals surface area contributed by atoms with Gasteiger partial charge in [-0.25, -0.2) is 14.6 Å². The molecule has 0 radical (unpaired) electrons. The molecule has 0 amide bonds. The van der Waals surface area contributed by atoms with Crippen molar-refractivity contribution in [1.82, 2.24) is 19.7 Å². The van der Waals surface area contributed by atoms with Gasteiger partial charge in [-0.3, -0.25) is 0 Å². The van der Waals surface area contributed by atoms with Crippen LogP contribution in [0.5, 0.6) is 0 Å². The van der Waals surface area contributed by atoms with Crippen molar-refractivity contribution in [3.8, 4) is 5.82 Å². The fraction of sp³-hybridized carbons (Fsp3) is 0.500. The molecule has 2 rings (SSSR count). The van der Waals surface area contributed by atoms with E-state index in [0.717, 1.165) is 41.4 Å². The predicted octanol–water partition coefficient (Wildman–Crippen LogP) is 2.49. The first-order valence-electron chi connectivity index (χ1n) is 6.77. The molecule has 2 aromatic heterocycles. The first kappa shape index (κ1) is 13.5. The van der Waals surface area contributed by atoms with E-state index in [1.807, 2.05) is 10.7 Å². The minimum atomic E-state index is 0.366. The second-order valence-corrected chi connectivity index (χ2v) is 4.88. The molecule has 102 valence electrons. The lowest BCUT2D eigenvalue weighted by molar-refractivity contribution is 0.749. The molecule has 0 aliphatic rings. The summed E-state index contributed by atoms with van der Waals surface area (Å²) in [6.45, 7) is 8.36. The molecule has 19 heavy (non-hydrogen) atoms. The van der Waals surface area contributed by atoms with E-state index in [-0.39, 0.29) is 0 Å². The molecule has 0 aliphatic heterocycles. The molecule has 0 saturated heterocycles. The van der Waals surface area contributed by atoms with Crippen LogP contribution in [0.15, 0.2) is 12.4 Å². The lowest BCUT2D eigenvalue weighted by Gasteiger charge is -2.08. The average molecular weight is 259 g/mol. The quantitative estimate of drug-likeness (QED) is 0.915. The zero-order valence-corrected chi connectivity index (χ0v) is 12.0. The molecule has 0 saturated carbocycles. The number of nitrogens with two attached hydrogens (primary N) is 1. The first-order chi connectivity index (χ1) is 9.08. The maximum atomic E-state index is 6.13. The van der Waals surface area contributed by atoms with Crippen LogP contribution in [0.25, 0.3) is 5.82 Å². The van der Waals surface area contributed by atoms with Gasteiger partial charge in [0.15, 0.2) is 5.82 Å². The third kappa shape index (κ3) is 2.45. The average Bonchev–Trinajstić information content (AvgIpc) is 2.75. The number of rotatable bonds is 4. The minimum Gasteiger partial charge on any atom is -0.396 e. The maximum absolute atomic E-state index is 6.13. The monoisotopic (exact) mass is 259 g/mol. The van der Waals surface area contributed by atoms with Crippen LogP contribution in [0.3, 0.4) is 0 Å². The topological polar surface area (TPSA) is 69.6 Å². The van der Waals surface area contributed by atoms with Gasteiger partial charge in [-0.05, 0) is 18.8 Å². The molecule has 5 heteroatoms. The number of anilines is 1. The molecule has 2 aromatic rings. The fourth-order valence-corrected chi connectivity index (χ4v) is 2.10. The highest BCUT2D eigenvalue weighted by Gasteiger charge is 2.15. The summed E-state index contributed by atoms with van der Waals surface area (Å²) in [7, 11) is 0. The Labute approximate surface area is 113 Å². The Morgan fingerprint density at radius 3 is 2.53 bits per heavy atom. The van der Waals surface area contributed by atoms with Gasteiger partial charge in [0.1, 0.15) is 6.33 Å². The summed E-state index contributed by atoms with van der Waals surface area (Å²) in [6.07, 6.45) is 3.25. The van der Waals surface area contributed by atoms with Crippen LogP contribution in [0.2, 0.25) is 0 Å². The Morgan fingerprint density at radius 1 is 1.21 bits per heavy atom. The molecule has 0 atom stereocenters. The lowest BCUT2D eigenvalue weighted by atomic mass is 10.1. The number of nitrogen functional groups attached to an aromatic ring is 1. The predicted molar refractivity (Wildman–Crippen MR) is 76.4 cm³/mol. The van der Waals surface area contributed by atoms with Gasteiger partial charge < -0.3 is 5.73 Å². The van der Waals surface area contributed by atoms with Crippen LogP contribution < -0.4 is 5.73 Å². The summed E-state index contributed by atoms with van der Waals surface area (Å²) in [5, 5.41) is 4.57. The van der Waals surface area contributed by atoms with E-state index in [0.29, 0.717) is 5.92 Å². The largest absolute Gasteiger partial charge is 0.396 e. The van der Waals surface area contributed by atoms with Crippen molar-refractivity contribution >= 4 is 5.69 Å². The van der Waals surface area contributed by atoms with Crippen LogP contribution in [0.4, 0.5) is 5.69 Å². The summed E-state index contributed by atoms with van der Waals surface area (Å²) >= 11 is 0. The minimum absolute atomic E-state index is 0.366. The SMILES string of the molecule is CCc1nn(-c2cc(C(C)C)ncn2)c(CC)c1N. The zero-order valence-electron chi connectivity index (χ0n) is 12.0. The Kier molecular flexibility index (Phi) is 3.83. The van der Waals surface area contributed by atoms with E-state index in [2.05, 4.69) is 42.8 Å². The van der Waals surface area contributed by atoms with E-state index in [1.54, 1.807) is 6.33 Å². The molecule has 0 fully saturated rings. The summed E-state index contributed by atoms with van der Waals surface area (Å²) in [5.41, 5.74) is 9.88. The highest BCUT2D eigenvalue weighted by Crippen LogP contribution is 2.22. The van der Waals surface area contributed by atoms with E-state index in [4.69, 9.17) is 5.73 Å². The van der Waals surface area contributed by atoms with Gasteiger partial charge in [-0.1, -0.05) is 27.7 Å². The third-order valence-electron chi connectivity index (χ3n) is 3.25. The van der Waals surface area contributed by atoms with Crippen molar-refractivity contribution in [3.05, 3.63) is 29.5 Å². The van der Waals surface area contributed by atoms with Crippen molar-refractivity contribution in [1.29, 1.82) is 0 Å². The Balaban J connectivity index is 2.55. The Bertz CT molecular complexity index is 571. The second-order valence-electron chi connectivity index (χ2n) is 4.88. The van der Waals surface area contributed by atoms with Gasteiger partial charge in [0.25, 0.3) is 0 Å². The molecule has 0 spiro atoms. The summed E-state index contributed by atoms with van der Waals surface area (Å²) in [5.74, 6) is 1.16. The molecular formula is C14H21N5. The molecular weight excluding hydrogens is 238 g/mol. The number of hydrogen-bond donors (Lipinski definition) is 1. The van der Waals surface area contributed by atoms with E-state index in [1.165, 1.54) is 0 Å². The summed E-state index contributed by atoms with van der Waals surface area (Å²) < 4.78 is 1.85. The van der Waals surface area contributed by atoms with E-state index in [9.17, 15) is 0 Å². The molecule has 2 heterocycles.